The van der Waals surface area contributed by atoms with Gasteiger partial charge in [0, 0.05) is 19.4 Å². The summed E-state index contributed by atoms with van der Waals surface area (Å²) in [6.07, 6.45) is 2.56. The van der Waals surface area contributed by atoms with E-state index in [2.05, 4.69) is 0 Å². The highest BCUT2D eigenvalue weighted by Crippen LogP contribution is 2.43. The number of carbonyl (C=O) groups is 1. The van der Waals surface area contributed by atoms with Crippen molar-refractivity contribution in [3.05, 3.63) is 11.8 Å². The first kappa shape index (κ1) is 18.4. The van der Waals surface area contributed by atoms with Crippen LogP contribution in [0.3, 0.4) is 0 Å². The summed E-state index contributed by atoms with van der Waals surface area (Å²) < 4.78 is 23.0. The van der Waals surface area contributed by atoms with Crippen LogP contribution in [0.15, 0.2) is 11.8 Å². The third-order valence-corrected chi connectivity index (χ3v) is 4.29. The van der Waals surface area contributed by atoms with Crippen molar-refractivity contribution in [2.75, 3.05) is 7.11 Å². The summed E-state index contributed by atoms with van der Waals surface area (Å²) in [5.74, 6) is -0.348. The lowest BCUT2D eigenvalue weighted by molar-refractivity contribution is -0.211. The Labute approximate surface area is 137 Å². The summed E-state index contributed by atoms with van der Waals surface area (Å²) in [5.41, 5.74) is 0. The molecule has 0 aliphatic carbocycles. The largest absolute Gasteiger partial charge is 0.513 e. The average Bonchev–Trinajstić information content (AvgIpc) is 2.87. The summed E-state index contributed by atoms with van der Waals surface area (Å²) in [6, 6.07) is 0. The molecule has 0 bridgehead atoms. The number of carbonyl (C=O) groups excluding carboxylic acids is 1. The highest BCUT2D eigenvalue weighted by molar-refractivity contribution is 5.75. The summed E-state index contributed by atoms with van der Waals surface area (Å²) in [5, 5.41) is 9.37. The smallest absolute Gasteiger partial charge is 0.187 e. The van der Waals surface area contributed by atoms with E-state index in [4.69, 9.17) is 18.9 Å². The zero-order valence-corrected chi connectivity index (χ0v) is 14.6. The molecule has 0 aromatic rings. The molecule has 2 fully saturated rings. The molecule has 2 saturated heterocycles. The number of allylic oxidation sites excluding steroid dienone is 1. The molecule has 1 unspecified atom stereocenters. The van der Waals surface area contributed by atoms with Crippen LogP contribution in [0.2, 0.25) is 0 Å². The maximum atomic E-state index is 11.6. The molecule has 0 saturated carbocycles. The second-order valence-electron chi connectivity index (χ2n) is 6.87. The van der Waals surface area contributed by atoms with E-state index in [1.54, 1.807) is 27.0 Å². The Morgan fingerprint density at radius 2 is 2.04 bits per heavy atom. The van der Waals surface area contributed by atoms with Crippen molar-refractivity contribution in [3.63, 3.8) is 0 Å². The van der Waals surface area contributed by atoms with Gasteiger partial charge in [0.2, 0.25) is 0 Å². The lowest BCUT2D eigenvalue weighted by Gasteiger charge is -2.26. The van der Waals surface area contributed by atoms with Crippen LogP contribution in [0.1, 0.15) is 47.0 Å². The van der Waals surface area contributed by atoms with Crippen molar-refractivity contribution in [3.8, 4) is 0 Å². The van der Waals surface area contributed by atoms with Crippen LogP contribution in [-0.4, -0.2) is 48.4 Å². The van der Waals surface area contributed by atoms with Gasteiger partial charge in [-0.2, -0.15) is 0 Å². The topological polar surface area (TPSA) is 74.2 Å². The van der Waals surface area contributed by atoms with Gasteiger partial charge in [0.25, 0.3) is 0 Å². The fourth-order valence-electron chi connectivity index (χ4n) is 3.37. The Kier molecular flexibility index (Phi) is 5.84. The maximum absolute atomic E-state index is 11.6. The first-order valence-corrected chi connectivity index (χ1v) is 8.12. The molecular formula is C17H28O6. The minimum atomic E-state index is -0.679. The lowest BCUT2D eigenvalue weighted by Crippen LogP contribution is -2.32. The summed E-state index contributed by atoms with van der Waals surface area (Å²) in [4.78, 5) is 11.6. The molecule has 5 atom stereocenters. The van der Waals surface area contributed by atoms with E-state index in [1.807, 2.05) is 13.8 Å². The van der Waals surface area contributed by atoms with Gasteiger partial charge in [-0.3, -0.25) is 0 Å². The van der Waals surface area contributed by atoms with Crippen LogP contribution in [0, 0.1) is 5.92 Å². The minimum Gasteiger partial charge on any atom is -0.513 e. The van der Waals surface area contributed by atoms with Crippen molar-refractivity contribution < 1.29 is 28.8 Å². The predicted octanol–water partition coefficient (Wildman–Crippen LogP) is 2.72. The standard InChI is InChI=1S/C17H28O6/c1-10(18)8-12(20-5)6-7-14-13(9-11(2)19)15-16(21-14)23-17(3,4)22-15/h8,12-16,18H,6-7,9H2,1-5H3/b10-8-/t12?,13-,14-,15-,16-/m1/s1. The molecule has 0 aromatic heterocycles. The molecule has 2 heterocycles. The van der Waals surface area contributed by atoms with Crippen molar-refractivity contribution in [1.82, 2.24) is 0 Å². The quantitative estimate of drug-likeness (QED) is 0.724. The monoisotopic (exact) mass is 328 g/mol. The highest BCUT2D eigenvalue weighted by Gasteiger charge is 2.54. The number of hydrogen-bond donors (Lipinski definition) is 1. The molecule has 132 valence electrons. The Balaban J connectivity index is 2.00. The van der Waals surface area contributed by atoms with E-state index < -0.39 is 12.1 Å². The molecule has 0 amide bonds. The number of hydrogen-bond acceptors (Lipinski definition) is 6. The number of aliphatic hydroxyl groups excluding tert-OH is 1. The van der Waals surface area contributed by atoms with E-state index in [-0.39, 0.29) is 35.8 Å². The molecule has 0 aromatic carbocycles. The van der Waals surface area contributed by atoms with Gasteiger partial charge in [-0.25, -0.2) is 0 Å². The molecule has 1 N–H and O–H groups in total. The van der Waals surface area contributed by atoms with Gasteiger partial charge in [-0.05, 0) is 46.6 Å². The van der Waals surface area contributed by atoms with Crippen LogP contribution in [-0.2, 0) is 23.7 Å². The zero-order valence-electron chi connectivity index (χ0n) is 14.6. The van der Waals surface area contributed by atoms with Crippen LogP contribution >= 0.6 is 0 Å². The maximum Gasteiger partial charge on any atom is 0.187 e. The Morgan fingerprint density at radius 1 is 1.35 bits per heavy atom. The molecule has 2 aliphatic heterocycles. The number of aliphatic hydroxyl groups is 1. The highest BCUT2D eigenvalue weighted by atomic mass is 16.8. The Morgan fingerprint density at radius 3 is 2.61 bits per heavy atom. The third kappa shape index (κ3) is 4.76. The molecule has 2 aliphatic rings. The van der Waals surface area contributed by atoms with Crippen LogP contribution < -0.4 is 0 Å². The van der Waals surface area contributed by atoms with E-state index in [1.165, 1.54) is 0 Å². The molecule has 6 heteroatoms. The van der Waals surface area contributed by atoms with Gasteiger partial charge in [-0.15, -0.1) is 0 Å². The minimum absolute atomic E-state index is 0.0176. The van der Waals surface area contributed by atoms with Gasteiger partial charge in [-0.1, -0.05) is 0 Å². The normalized spacial score (nSPS) is 34.4. The van der Waals surface area contributed by atoms with E-state index in [9.17, 15) is 9.90 Å². The van der Waals surface area contributed by atoms with Crippen LogP contribution in [0.4, 0.5) is 0 Å². The number of ketones is 1. The van der Waals surface area contributed by atoms with Gasteiger partial charge < -0.3 is 28.8 Å². The van der Waals surface area contributed by atoms with E-state index in [0.717, 1.165) is 0 Å². The number of methoxy groups -OCH3 is 1. The number of fused-ring (bicyclic) bond motifs is 1. The predicted molar refractivity (Wildman–Crippen MR) is 83.9 cm³/mol. The van der Waals surface area contributed by atoms with Crippen molar-refractivity contribution in [1.29, 1.82) is 0 Å². The zero-order chi connectivity index (χ0) is 17.2. The van der Waals surface area contributed by atoms with Crippen molar-refractivity contribution in [2.24, 2.45) is 5.92 Å². The third-order valence-electron chi connectivity index (χ3n) is 4.29. The summed E-state index contributed by atoms with van der Waals surface area (Å²) >= 11 is 0. The number of ether oxygens (including phenoxy) is 4. The fourth-order valence-corrected chi connectivity index (χ4v) is 3.37. The second-order valence-corrected chi connectivity index (χ2v) is 6.87. The first-order chi connectivity index (χ1) is 10.7. The van der Waals surface area contributed by atoms with Gasteiger partial charge in [0.1, 0.15) is 11.9 Å². The van der Waals surface area contributed by atoms with Crippen LogP contribution in [0.5, 0.6) is 0 Å². The Bertz CT molecular complexity index is 454. The second kappa shape index (κ2) is 7.30. The summed E-state index contributed by atoms with van der Waals surface area (Å²) in [6.45, 7) is 6.90. The molecule has 2 rings (SSSR count). The molecule has 23 heavy (non-hydrogen) atoms. The SMILES string of the molecule is COC(/C=C(/C)O)CC[C@H]1O[C@@H]2OC(C)(C)O[C@@H]2[C@@H]1CC(C)=O. The first-order valence-electron chi connectivity index (χ1n) is 8.12. The Hall–Kier alpha value is -0.950. The van der Waals surface area contributed by atoms with Crippen molar-refractivity contribution >= 4 is 5.78 Å². The molecule has 6 nitrogen and oxygen atoms in total. The van der Waals surface area contributed by atoms with E-state index >= 15 is 0 Å². The number of Topliss-reactive ketones (excluding diaryl/α,β-unsaturated/α-hetero) is 1. The lowest BCUT2D eigenvalue weighted by atomic mass is 9.90. The number of rotatable bonds is 7. The van der Waals surface area contributed by atoms with Gasteiger partial charge >= 0.3 is 0 Å². The molecule has 0 spiro atoms. The van der Waals surface area contributed by atoms with E-state index in [0.29, 0.717) is 19.3 Å². The molecule has 0 radical (unpaired) electrons. The average molecular weight is 328 g/mol. The molecular weight excluding hydrogens is 300 g/mol. The fraction of sp³-hybridized carbons (Fsp3) is 0.824. The van der Waals surface area contributed by atoms with Crippen molar-refractivity contribution in [2.45, 2.75) is 77.3 Å². The van der Waals surface area contributed by atoms with Gasteiger partial charge in [0.15, 0.2) is 12.1 Å². The summed E-state index contributed by atoms with van der Waals surface area (Å²) in [7, 11) is 1.61. The van der Waals surface area contributed by atoms with Crippen LogP contribution in [0.25, 0.3) is 0 Å². The van der Waals surface area contributed by atoms with Gasteiger partial charge in [0.05, 0.1) is 18.0 Å².